The first kappa shape index (κ1) is 24.0. The van der Waals surface area contributed by atoms with Crippen molar-refractivity contribution in [2.75, 3.05) is 5.32 Å². The largest absolute Gasteiger partial charge is 0.488 e. The van der Waals surface area contributed by atoms with Crippen molar-refractivity contribution in [1.29, 1.82) is 0 Å². The van der Waals surface area contributed by atoms with Crippen molar-refractivity contribution >= 4 is 11.9 Å². The fraction of sp³-hybridized carbons (Fsp3) is 0.500. The summed E-state index contributed by atoms with van der Waals surface area (Å²) in [6.07, 6.45) is 3.31. The van der Waals surface area contributed by atoms with Crippen LogP contribution in [-0.4, -0.2) is 47.1 Å². The van der Waals surface area contributed by atoms with Gasteiger partial charge in [0, 0.05) is 19.2 Å². The van der Waals surface area contributed by atoms with E-state index in [-0.39, 0.29) is 30.2 Å². The Kier molecular flexibility index (Phi) is 6.75. The number of anilines is 1. The highest BCUT2D eigenvalue weighted by Gasteiger charge is 2.33. The van der Waals surface area contributed by atoms with E-state index in [1.165, 1.54) is 12.3 Å². The Bertz CT molecular complexity index is 1250. The predicted octanol–water partition coefficient (Wildman–Crippen LogP) is 4.12. The van der Waals surface area contributed by atoms with Crippen LogP contribution in [0.25, 0.3) is 11.4 Å². The van der Waals surface area contributed by atoms with E-state index in [1.54, 1.807) is 11.7 Å². The average molecular weight is 500 g/mol. The monoisotopic (exact) mass is 499 g/mol. The molecule has 3 heterocycles. The molecule has 0 aliphatic heterocycles. The molecule has 0 bridgehead atoms. The second-order valence-corrected chi connectivity index (χ2v) is 9.26. The number of carboxylic acid groups (broad SMARTS) is 1. The number of hydrogen-bond donors (Lipinski definition) is 2. The van der Waals surface area contributed by atoms with Gasteiger partial charge in [0.05, 0.1) is 35.6 Å². The molecule has 36 heavy (non-hydrogen) atoms. The van der Waals surface area contributed by atoms with E-state index < -0.39 is 12.4 Å². The Morgan fingerprint density at radius 3 is 2.81 bits per heavy atom. The van der Waals surface area contributed by atoms with Crippen LogP contribution in [0.15, 0.2) is 24.4 Å². The molecule has 0 spiro atoms. The molecule has 190 valence electrons. The lowest BCUT2D eigenvalue weighted by Crippen LogP contribution is -2.29. The SMILES string of the molecule is Cn1nnc(-c2ccc(O[C@H]3CCC[C@H](C(=O)O)C3)c(C3CC3)n2)c1CNc1nccc(C(F)F)n1. The predicted molar refractivity (Wildman–Crippen MR) is 125 cm³/mol. The molecular formula is C24H27F2N7O3. The number of aryl methyl sites for hydroxylation is 1. The number of rotatable bonds is 9. The summed E-state index contributed by atoms with van der Waals surface area (Å²) in [5.74, 6) is -0.0715. The van der Waals surface area contributed by atoms with Crippen LogP contribution < -0.4 is 10.1 Å². The minimum Gasteiger partial charge on any atom is -0.488 e. The summed E-state index contributed by atoms with van der Waals surface area (Å²) in [6.45, 7) is 0.211. The normalized spacial score (nSPS) is 19.9. The van der Waals surface area contributed by atoms with Crippen molar-refractivity contribution < 1.29 is 23.4 Å². The molecule has 0 amide bonds. The summed E-state index contributed by atoms with van der Waals surface area (Å²) in [5.41, 5.74) is 2.38. The molecule has 2 saturated carbocycles. The van der Waals surface area contributed by atoms with Crippen molar-refractivity contribution in [2.24, 2.45) is 13.0 Å². The fourth-order valence-corrected chi connectivity index (χ4v) is 4.51. The van der Waals surface area contributed by atoms with Crippen LogP contribution in [0.1, 0.15) is 68.0 Å². The number of alkyl halides is 2. The average Bonchev–Trinajstić information content (AvgIpc) is 3.66. The van der Waals surface area contributed by atoms with E-state index in [1.807, 2.05) is 12.1 Å². The standard InChI is InChI=1S/C24H27F2N7O3/c1-33-18(12-28-24-27-10-9-17(30-24)22(25)26)21(31-32-33)16-7-8-19(20(29-16)13-5-6-13)36-15-4-2-3-14(11-15)23(34)35/h7-10,13-15,22H,2-6,11-12H2,1H3,(H,34,35)(H,27,28,30)/t14-,15-/m0/s1. The van der Waals surface area contributed by atoms with Crippen LogP contribution in [0, 0.1) is 5.92 Å². The van der Waals surface area contributed by atoms with Gasteiger partial charge in [0.1, 0.15) is 17.1 Å². The number of aliphatic carboxylic acids is 1. The van der Waals surface area contributed by atoms with E-state index in [0.29, 0.717) is 41.6 Å². The Balaban J connectivity index is 1.36. The summed E-state index contributed by atoms with van der Waals surface area (Å²) < 4.78 is 33.8. The highest BCUT2D eigenvalue weighted by Crippen LogP contribution is 2.44. The fourth-order valence-electron chi connectivity index (χ4n) is 4.51. The Morgan fingerprint density at radius 2 is 2.06 bits per heavy atom. The zero-order chi connectivity index (χ0) is 25.2. The first-order valence-corrected chi connectivity index (χ1v) is 12.0. The summed E-state index contributed by atoms with van der Waals surface area (Å²) in [4.78, 5) is 24.2. The third-order valence-electron chi connectivity index (χ3n) is 6.62. The molecule has 0 unspecified atom stereocenters. The highest BCUT2D eigenvalue weighted by atomic mass is 19.3. The van der Waals surface area contributed by atoms with E-state index >= 15 is 0 Å². The molecule has 2 atom stereocenters. The van der Waals surface area contributed by atoms with Gasteiger partial charge in [-0.1, -0.05) is 5.21 Å². The van der Waals surface area contributed by atoms with Gasteiger partial charge in [-0.2, -0.15) is 0 Å². The van der Waals surface area contributed by atoms with Gasteiger partial charge in [0.15, 0.2) is 0 Å². The van der Waals surface area contributed by atoms with Crippen LogP contribution in [-0.2, 0) is 18.4 Å². The maximum atomic E-state index is 13.0. The first-order chi connectivity index (χ1) is 17.4. The van der Waals surface area contributed by atoms with Crippen molar-refractivity contribution in [1.82, 2.24) is 29.9 Å². The third kappa shape index (κ3) is 5.26. The number of aromatic nitrogens is 6. The number of nitrogens with zero attached hydrogens (tertiary/aromatic N) is 6. The number of carbonyl (C=O) groups is 1. The molecule has 0 aromatic carbocycles. The molecule has 0 saturated heterocycles. The van der Waals surface area contributed by atoms with Gasteiger partial charge in [0.2, 0.25) is 5.95 Å². The second-order valence-electron chi connectivity index (χ2n) is 9.26. The summed E-state index contributed by atoms with van der Waals surface area (Å²) in [7, 11) is 1.74. The highest BCUT2D eigenvalue weighted by molar-refractivity contribution is 5.70. The van der Waals surface area contributed by atoms with Crippen molar-refractivity contribution in [2.45, 2.75) is 63.5 Å². The first-order valence-electron chi connectivity index (χ1n) is 12.0. The van der Waals surface area contributed by atoms with Crippen molar-refractivity contribution in [3.8, 4) is 17.1 Å². The van der Waals surface area contributed by atoms with Crippen LogP contribution in [0.4, 0.5) is 14.7 Å². The lowest BCUT2D eigenvalue weighted by atomic mass is 9.87. The number of carboxylic acids is 1. The smallest absolute Gasteiger partial charge is 0.306 e. The lowest BCUT2D eigenvalue weighted by Gasteiger charge is -2.28. The van der Waals surface area contributed by atoms with E-state index in [2.05, 4.69) is 25.6 Å². The molecule has 2 aliphatic carbocycles. The second kappa shape index (κ2) is 10.1. The Morgan fingerprint density at radius 1 is 1.22 bits per heavy atom. The zero-order valence-electron chi connectivity index (χ0n) is 19.8. The summed E-state index contributed by atoms with van der Waals surface area (Å²) >= 11 is 0. The van der Waals surface area contributed by atoms with Crippen molar-refractivity contribution in [3.63, 3.8) is 0 Å². The third-order valence-corrected chi connectivity index (χ3v) is 6.62. The number of pyridine rings is 1. The Labute approximate surface area is 206 Å². The van der Waals surface area contributed by atoms with Crippen molar-refractivity contribution in [3.05, 3.63) is 41.5 Å². The van der Waals surface area contributed by atoms with Crippen LogP contribution >= 0.6 is 0 Å². The minimum atomic E-state index is -2.68. The maximum Gasteiger partial charge on any atom is 0.306 e. The molecule has 2 fully saturated rings. The van der Waals surface area contributed by atoms with Crippen LogP contribution in [0.5, 0.6) is 5.75 Å². The molecule has 0 radical (unpaired) electrons. The number of ether oxygens (including phenoxy) is 1. The minimum absolute atomic E-state index is 0.0856. The molecule has 5 rings (SSSR count). The van der Waals surface area contributed by atoms with Gasteiger partial charge in [-0.15, -0.1) is 5.10 Å². The molecular weight excluding hydrogens is 472 g/mol. The molecule has 2 aliphatic rings. The van der Waals surface area contributed by atoms with Crippen LogP contribution in [0.2, 0.25) is 0 Å². The lowest BCUT2D eigenvalue weighted by molar-refractivity contribution is -0.143. The summed E-state index contributed by atoms with van der Waals surface area (Å²) in [6, 6.07) is 4.87. The molecule has 3 aromatic rings. The molecule has 10 nitrogen and oxygen atoms in total. The zero-order valence-corrected chi connectivity index (χ0v) is 19.8. The molecule has 2 N–H and O–H groups in total. The van der Waals surface area contributed by atoms with Gasteiger partial charge in [-0.3, -0.25) is 4.79 Å². The van der Waals surface area contributed by atoms with E-state index in [4.69, 9.17) is 9.72 Å². The Hall–Kier alpha value is -3.70. The van der Waals surface area contributed by atoms with Gasteiger partial charge in [0.25, 0.3) is 6.43 Å². The number of nitrogens with one attached hydrogen (secondary N) is 1. The quantitative estimate of drug-likeness (QED) is 0.447. The van der Waals surface area contributed by atoms with Gasteiger partial charge >= 0.3 is 5.97 Å². The van der Waals surface area contributed by atoms with Gasteiger partial charge in [-0.25, -0.2) is 28.4 Å². The number of halogens is 2. The van der Waals surface area contributed by atoms with Gasteiger partial charge in [-0.05, 0) is 56.7 Å². The van der Waals surface area contributed by atoms with E-state index in [0.717, 1.165) is 31.4 Å². The molecule has 12 heteroatoms. The maximum absolute atomic E-state index is 13.0. The number of hydrogen-bond acceptors (Lipinski definition) is 8. The van der Waals surface area contributed by atoms with Gasteiger partial charge < -0.3 is 15.2 Å². The van der Waals surface area contributed by atoms with E-state index in [9.17, 15) is 18.7 Å². The topological polar surface area (TPSA) is 128 Å². The summed E-state index contributed by atoms with van der Waals surface area (Å²) in [5, 5.41) is 20.8. The molecule has 3 aromatic heterocycles. The van der Waals surface area contributed by atoms with Crippen LogP contribution in [0.3, 0.4) is 0 Å².